The summed E-state index contributed by atoms with van der Waals surface area (Å²) in [6, 6.07) is 9.00. The zero-order valence-electron chi connectivity index (χ0n) is 9.54. The molecule has 0 aliphatic carbocycles. The highest BCUT2D eigenvalue weighted by Crippen LogP contribution is 2.19. The fraction of sp³-hybridized carbons (Fsp3) is 0.0714. The second-order valence-electron chi connectivity index (χ2n) is 4.15. The lowest BCUT2D eigenvalue weighted by molar-refractivity contribution is 0.0697. The van der Waals surface area contributed by atoms with E-state index >= 15 is 0 Å². The van der Waals surface area contributed by atoms with Gasteiger partial charge in [0.15, 0.2) is 0 Å². The summed E-state index contributed by atoms with van der Waals surface area (Å²) in [5, 5.41) is 10.0. The molecule has 0 atom stereocenters. The minimum atomic E-state index is -0.909. The van der Waals surface area contributed by atoms with E-state index in [0.29, 0.717) is 12.1 Å². The second-order valence-corrected chi connectivity index (χ2v) is 4.15. The van der Waals surface area contributed by atoms with Gasteiger partial charge in [0, 0.05) is 17.3 Å². The fourth-order valence-electron chi connectivity index (χ4n) is 2.03. The van der Waals surface area contributed by atoms with Crippen LogP contribution in [0.15, 0.2) is 53.5 Å². The smallest absolute Gasteiger partial charge is 0.335 e. The third kappa shape index (κ3) is 1.78. The largest absolute Gasteiger partial charge is 0.478 e. The molecule has 0 spiro atoms. The number of carboxylic acid groups (broad SMARTS) is 1. The predicted molar refractivity (Wildman–Crippen MR) is 66.7 cm³/mol. The lowest BCUT2D eigenvalue weighted by atomic mass is 10.1. The Bertz CT molecular complexity index is 695. The number of carboxylic acids is 1. The first-order valence-electron chi connectivity index (χ1n) is 5.57. The topological polar surface area (TPSA) is 55.4 Å². The van der Waals surface area contributed by atoms with Crippen molar-refractivity contribution in [2.24, 2.45) is 0 Å². The molecule has 4 heteroatoms. The van der Waals surface area contributed by atoms with Crippen LogP contribution in [0, 0.1) is 0 Å². The van der Waals surface area contributed by atoms with Gasteiger partial charge in [0.2, 0.25) is 0 Å². The summed E-state index contributed by atoms with van der Waals surface area (Å²) >= 11 is 0. The van der Waals surface area contributed by atoms with E-state index in [1.165, 1.54) is 0 Å². The quantitative estimate of drug-likeness (QED) is 0.766. The standard InChI is InChI=1S/C14H11NO3/c16-14(17)12-2-1-11-3-5-15(13(11)7-12)8-10-4-6-18-9-10/h1-7,9H,8H2,(H,16,17). The molecule has 0 radical (unpaired) electrons. The summed E-state index contributed by atoms with van der Waals surface area (Å²) < 4.78 is 7.04. The molecule has 1 N–H and O–H groups in total. The lowest BCUT2D eigenvalue weighted by Crippen LogP contribution is -1.99. The van der Waals surface area contributed by atoms with Gasteiger partial charge in [-0.05, 0) is 29.7 Å². The number of nitrogens with zero attached hydrogens (tertiary/aromatic N) is 1. The highest BCUT2D eigenvalue weighted by molar-refractivity contribution is 5.93. The molecule has 18 heavy (non-hydrogen) atoms. The number of rotatable bonds is 3. The fourth-order valence-corrected chi connectivity index (χ4v) is 2.03. The molecule has 0 saturated heterocycles. The normalized spacial score (nSPS) is 10.9. The first kappa shape index (κ1) is 10.7. The molecule has 1 aromatic carbocycles. The average Bonchev–Trinajstić information content (AvgIpc) is 2.99. The molecule has 2 aromatic heterocycles. The molecule has 4 nitrogen and oxygen atoms in total. The molecule has 0 amide bonds. The zero-order chi connectivity index (χ0) is 12.5. The van der Waals surface area contributed by atoms with Gasteiger partial charge in [0.1, 0.15) is 0 Å². The van der Waals surface area contributed by atoms with Crippen molar-refractivity contribution in [1.82, 2.24) is 4.57 Å². The number of aromatic nitrogens is 1. The van der Waals surface area contributed by atoms with Gasteiger partial charge in [-0.25, -0.2) is 4.79 Å². The Labute approximate surface area is 103 Å². The Morgan fingerprint density at radius 2 is 2.17 bits per heavy atom. The maximum atomic E-state index is 11.0. The van der Waals surface area contributed by atoms with Crippen molar-refractivity contribution in [3.05, 3.63) is 60.2 Å². The number of fused-ring (bicyclic) bond motifs is 1. The number of hydrogen-bond acceptors (Lipinski definition) is 2. The minimum Gasteiger partial charge on any atom is -0.478 e. The summed E-state index contributed by atoms with van der Waals surface area (Å²) in [6.07, 6.45) is 5.26. The van der Waals surface area contributed by atoms with Crippen molar-refractivity contribution in [2.45, 2.75) is 6.54 Å². The van der Waals surface area contributed by atoms with Gasteiger partial charge in [-0.15, -0.1) is 0 Å². The molecule has 0 fully saturated rings. The average molecular weight is 241 g/mol. The summed E-state index contributed by atoms with van der Waals surface area (Å²) in [7, 11) is 0. The third-order valence-electron chi connectivity index (χ3n) is 2.95. The van der Waals surface area contributed by atoms with Crippen LogP contribution in [0.5, 0.6) is 0 Å². The van der Waals surface area contributed by atoms with Gasteiger partial charge < -0.3 is 14.1 Å². The monoisotopic (exact) mass is 241 g/mol. The lowest BCUT2D eigenvalue weighted by Gasteiger charge is -2.04. The summed E-state index contributed by atoms with van der Waals surface area (Å²) in [5.74, 6) is -0.909. The number of hydrogen-bond donors (Lipinski definition) is 1. The van der Waals surface area contributed by atoms with Crippen LogP contribution in [0.25, 0.3) is 10.9 Å². The van der Waals surface area contributed by atoms with Crippen molar-refractivity contribution in [3.63, 3.8) is 0 Å². The number of carbonyl (C=O) groups is 1. The maximum absolute atomic E-state index is 11.0. The van der Waals surface area contributed by atoms with E-state index < -0.39 is 5.97 Å². The Morgan fingerprint density at radius 3 is 2.89 bits per heavy atom. The van der Waals surface area contributed by atoms with E-state index in [1.807, 2.05) is 29.0 Å². The van der Waals surface area contributed by atoms with E-state index in [4.69, 9.17) is 9.52 Å². The molecule has 0 aliphatic heterocycles. The Morgan fingerprint density at radius 1 is 1.28 bits per heavy atom. The summed E-state index contributed by atoms with van der Waals surface area (Å²) in [4.78, 5) is 11.0. The molecule has 0 saturated carbocycles. The van der Waals surface area contributed by atoms with Gasteiger partial charge in [0.25, 0.3) is 0 Å². The molecule has 2 heterocycles. The Kier molecular flexibility index (Phi) is 2.41. The molecule has 90 valence electrons. The molecular weight excluding hydrogens is 230 g/mol. The van der Waals surface area contributed by atoms with E-state index in [0.717, 1.165) is 16.5 Å². The maximum Gasteiger partial charge on any atom is 0.335 e. The van der Waals surface area contributed by atoms with Gasteiger partial charge in [-0.1, -0.05) is 6.07 Å². The first-order valence-corrected chi connectivity index (χ1v) is 5.57. The van der Waals surface area contributed by atoms with Gasteiger partial charge in [-0.3, -0.25) is 0 Å². The van der Waals surface area contributed by atoms with Crippen LogP contribution in [-0.4, -0.2) is 15.6 Å². The highest BCUT2D eigenvalue weighted by atomic mass is 16.4. The molecule has 0 unspecified atom stereocenters. The van der Waals surface area contributed by atoms with Gasteiger partial charge in [0.05, 0.1) is 24.6 Å². The molecule has 0 bridgehead atoms. The van der Waals surface area contributed by atoms with Crippen LogP contribution < -0.4 is 0 Å². The van der Waals surface area contributed by atoms with E-state index in [9.17, 15) is 4.79 Å². The number of benzene rings is 1. The van der Waals surface area contributed by atoms with Gasteiger partial charge in [-0.2, -0.15) is 0 Å². The highest BCUT2D eigenvalue weighted by Gasteiger charge is 2.07. The van der Waals surface area contributed by atoms with Crippen molar-refractivity contribution in [2.75, 3.05) is 0 Å². The second kappa shape index (κ2) is 4.07. The van der Waals surface area contributed by atoms with Crippen molar-refractivity contribution < 1.29 is 14.3 Å². The molecule has 3 rings (SSSR count). The minimum absolute atomic E-state index is 0.301. The van der Waals surface area contributed by atoms with Crippen molar-refractivity contribution >= 4 is 16.9 Å². The van der Waals surface area contributed by atoms with E-state index in [2.05, 4.69) is 0 Å². The van der Waals surface area contributed by atoms with Crippen LogP contribution in [0.2, 0.25) is 0 Å². The van der Waals surface area contributed by atoms with Crippen LogP contribution in [0.1, 0.15) is 15.9 Å². The first-order chi connectivity index (χ1) is 8.74. The molecule has 3 aromatic rings. The van der Waals surface area contributed by atoms with Crippen molar-refractivity contribution in [3.8, 4) is 0 Å². The van der Waals surface area contributed by atoms with Crippen LogP contribution in [-0.2, 0) is 6.54 Å². The Hall–Kier alpha value is -2.49. The van der Waals surface area contributed by atoms with Crippen LogP contribution in [0.4, 0.5) is 0 Å². The molecular formula is C14H11NO3. The summed E-state index contributed by atoms with van der Waals surface area (Å²) in [5.41, 5.74) is 2.26. The Balaban J connectivity index is 2.06. The SMILES string of the molecule is O=C(O)c1ccc2ccn(Cc3ccoc3)c2c1. The van der Waals surface area contributed by atoms with Gasteiger partial charge >= 0.3 is 5.97 Å². The number of aromatic carboxylic acids is 1. The number of furan rings is 1. The van der Waals surface area contributed by atoms with Crippen LogP contribution in [0.3, 0.4) is 0 Å². The zero-order valence-corrected chi connectivity index (χ0v) is 9.54. The molecule has 0 aliphatic rings. The summed E-state index contributed by atoms with van der Waals surface area (Å²) in [6.45, 7) is 0.670. The van der Waals surface area contributed by atoms with Crippen molar-refractivity contribution in [1.29, 1.82) is 0 Å². The van der Waals surface area contributed by atoms with E-state index in [1.54, 1.807) is 24.7 Å². The van der Waals surface area contributed by atoms with E-state index in [-0.39, 0.29) is 0 Å². The third-order valence-corrected chi connectivity index (χ3v) is 2.95. The van der Waals surface area contributed by atoms with Crippen LogP contribution >= 0.6 is 0 Å². The predicted octanol–water partition coefficient (Wildman–Crippen LogP) is 2.98.